The van der Waals surface area contributed by atoms with Crippen LogP contribution < -0.4 is 10.6 Å². The van der Waals surface area contributed by atoms with Crippen LogP contribution in [0.1, 0.15) is 12.0 Å². The summed E-state index contributed by atoms with van der Waals surface area (Å²) in [6.45, 7) is 1.58. The predicted octanol–water partition coefficient (Wildman–Crippen LogP) is 1.55. The minimum absolute atomic E-state index is 0.0408. The lowest BCUT2D eigenvalue weighted by atomic mass is 10.0. The number of ether oxygens (including phenoxy) is 1. The molecular formula is C26H33N3O7S2. The Bertz CT molecular complexity index is 1310. The predicted molar refractivity (Wildman–Crippen MR) is 144 cm³/mol. The Morgan fingerprint density at radius 3 is 2.16 bits per heavy atom. The third-order valence-electron chi connectivity index (χ3n) is 5.88. The molecule has 12 heteroatoms. The minimum atomic E-state index is -3.82. The highest BCUT2D eigenvalue weighted by atomic mass is 32.2. The van der Waals surface area contributed by atoms with Crippen molar-refractivity contribution in [1.82, 2.24) is 15.5 Å². The number of benzene rings is 2. The van der Waals surface area contributed by atoms with E-state index in [0.717, 1.165) is 17.2 Å². The number of urea groups is 1. The molecule has 3 rings (SSSR count). The maximum absolute atomic E-state index is 13.4. The number of carbonyl (C=O) groups excluding carboxylic acids is 2. The fourth-order valence-corrected chi connectivity index (χ4v) is 5.57. The monoisotopic (exact) mass is 563 g/mol. The number of amides is 3. The molecule has 38 heavy (non-hydrogen) atoms. The molecule has 0 bridgehead atoms. The van der Waals surface area contributed by atoms with Gasteiger partial charge in [-0.1, -0.05) is 54.6 Å². The molecule has 1 fully saturated rings. The normalized spacial score (nSPS) is 16.1. The van der Waals surface area contributed by atoms with E-state index in [2.05, 4.69) is 10.6 Å². The first kappa shape index (κ1) is 29.3. The van der Waals surface area contributed by atoms with Crippen molar-refractivity contribution in [3.8, 4) is 0 Å². The number of rotatable bonds is 11. The van der Waals surface area contributed by atoms with Crippen LogP contribution in [0.5, 0.6) is 0 Å². The van der Waals surface area contributed by atoms with Crippen molar-refractivity contribution in [2.75, 3.05) is 38.3 Å². The lowest BCUT2D eigenvalue weighted by Gasteiger charge is -2.29. The van der Waals surface area contributed by atoms with Gasteiger partial charge >= 0.3 is 6.03 Å². The Balaban J connectivity index is 1.80. The number of hydrogen-bond acceptors (Lipinski definition) is 7. The summed E-state index contributed by atoms with van der Waals surface area (Å²) in [5.41, 5.74) is 0.810. The summed E-state index contributed by atoms with van der Waals surface area (Å²) in [5.74, 6) is -0.826. The molecule has 0 spiro atoms. The first-order valence-corrected chi connectivity index (χ1v) is 15.8. The van der Waals surface area contributed by atoms with Crippen molar-refractivity contribution in [1.29, 1.82) is 0 Å². The third kappa shape index (κ3) is 9.58. The second-order valence-corrected chi connectivity index (χ2v) is 13.1. The van der Waals surface area contributed by atoms with Gasteiger partial charge in [-0.3, -0.25) is 4.79 Å². The summed E-state index contributed by atoms with van der Waals surface area (Å²) in [7, 11) is -7.20. The standard InChI is InChI=1S/C26H33N3O7S2/c1-37(32,33)18-12-22(13-19-38(34,35)23-10-6-3-7-11-23)27-25(30)24(20-21-8-4-2-5-9-21)28-26(31)29-14-16-36-17-15-29/h2-11,13,19,22,24H,12,14-18,20H2,1H3,(H,27,30)(H,28,31)/b19-13+/t22-,24-/m0/s1. The third-order valence-corrected chi connectivity index (χ3v) is 8.31. The van der Waals surface area contributed by atoms with Gasteiger partial charge in [0.05, 0.1) is 23.9 Å². The van der Waals surface area contributed by atoms with E-state index in [0.29, 0.717) is 26.3 Å². The quantitative estimate of drug-likeness (QED) is 0.423. The molecule has 1 aliphatic rings. The fraction of sp³-hybridized carbons (Fsp3) is 0.385. The summed E-state index contributed by atoms with van der Waals surface area (Å²) in [4.78, 5) is 27.9. The summed E-state index contributed by atoms with van der Waals surface area (Å²) < 4.78 is 54.4. The topological polar surface area (TPSA) is 139 Å². The molecule has 0 unspecified atom stereocenters. The zero-order chi connectivity index (χ0) is 27.6. The molecule has 1 aliphatic heterocycles. The summed E-state index contributed by atoms with van der Waals surface area (Å²) >= 11 is 0. The Morgan fingerprint density at radius 2 is 1.55 bits per heavy atom. The second kappa shape index (κ2) is 13.5. The molecule has 0 aromatic heterocycles. The lowest BCUT2D eigenvalue weighted by molar-refractivity contribution is -0.123. The zero-order valence-electron chi connectivity index (χ0n) is 21.2. The van der Waals surface area contributed by atoms with Gasteiger partial charge in [0, 0.05) is 37.2 Å². The summed E-state index contributed by atoms with van der Waals surface area (Å²) in [5, 5.41) is 6.47. The van der Waals surface area contributed by atoms with E-state index in [9.17, 15) is 26.4 Å². The molecular weight excluding hydrogens is 530 g/mol. The number of nitrogens with zero attached hydrogens (tertiary/aromatic N) is 1. The van der Waals surface area contributed by atoms with E-state index in [1.165, 1.54) is 18.2 Å². The number of sulfone groups is 2. The zero-order valence-corrected chi connectivity index (χ0v) is 22.8. The van der Waals surface area contributed by atoms with Crippen LogP contribution in [0, 0.1) is 0 Å². The largest absolute Gasteiger partial charge is 0.378 e. The van der Waals surface area contributed by atoms with Gasteiger partial charge in [-0.15, -0.1) is 0 Å². The van der Waals surface area contributed by atoms with Crippen molar-refractivity contribution >= 4 is 31.6 Å². The van der Waals surface area contributed by atoms with Gasteiger partial charge in [-0.25, -0.2) is 21.6 Å². The van der Waals surface area contributed by atoms with Gasteiger partial charge in [0.25, 0.3) is 0 Å². The SMILES string of the molecule is CS(=O)(=O)CC[C@@H](/C=C/S(=O)(=O)c1ccccc1)NC(=O)[C@H](Cc1ccccc1)NC(=O)N1CCOCC1. The number of nitrogens with one attached hydrogen (secondary N) is 2. The molecule has 0 saturated carbocycles. The molecule has 2 atom stereocenters. The van der Waals surface area contributed by atoms with Crippen LogP contribution in [-0.4, -0.2) is 84.1 Å². The Morgan fingerprint density at radius 1 is 0.947 bits per heavy atom. The van der Waals surface area contributed by atoms with Crippen LogP contribution in [0.3, 0.4) is 0 Å². The van der Waals surface area contributed by atoms with Crippen LogP contribution in [0.2, 0.25) is 0 Å². The van der Waals surface area contributed by atoms with Crippen molar-refractivity contribution in [3.63, 3.8) is 0 Å². The van der Waals surface area contributed by atoms with Crippen molar-refractivity contribution < 1.29 is 31.2 Å². The highest BCUT2D eigenvalue weighted by molar-refractivity contribution is 7.94. The first-order valence-electron chi connectivity index (χ1n) is 12.2. The van der Waals surface area contributed by atoms with Gasteiger partial charge in [-0.05, 0) is 24.1 Å². The molecule has 2 aromatic rings. The average molecular weight is 564 g/mol. The lowest BCUT2D eigenvalue weighted by Crippen LogP contribution is -2.55. The van der Waals surface area contributed by atoms with Crippen molar-refractivity contribution in [3.05, 3.63) is 77.7 Å². The molecule has 2 N–H and O–H groups in total. The molecule has 3 amide bonds. The van der Waals surface area contributed by atoms with Gasteiger partial charge in [0.2, 0.25) is 5.91 Å². The first-order chi connectivity index (χ1) is 18.0. The molecule has 1 heterocycles. The van der Waals surface area contributed by atoms with Crippen LogP contribution in [-0.2, 0) is 35.6 Å². The highest BCUT2D eigenvalue weighted by Crippen LogP contribution is 2.13. The number of hydrogen-bond donors (Lipinski definition) is 2. The van der Waals surface area contributed by atoms with Crippen LogP contribution in [0.15, 0.2) is 77.0 Å². The minimum Gasteiger partial charge on any atom is -0.378 e. The molecule has 0 radical (unpaired) electrons. The molecule has 0 aliphatic carbocycles. The summed E-state index contributed by atoms with van der Waals surface area (Å²) in [6.07, 6.45) is 2.49. The smallest absolute Gasteiger partial charge is 0.318 e. The fourth-order valence-electron chi connectivity index (χ4n) is 3.79. The van der Waals surface area contributed by atoms with E-state index in [1.54, 1.807) is 23.1 Å². The van der Waals surface area contributed by atoms with E-state index >= 15 is 0 Å². The van der Waals surface area contributed by atoms with Crippen molar-refractivity contribution in [2.45, 2.75) is 29.8 Å². The second-order valence-electron chi connectivity index (χ2n) is 9.01. The van der Waals surface area contributed by atoms with E-state index < -0.39 is 43.7 Å². The van der Waals surface area contributed by atoms with E-state index in [-0.39, 0.29) is 23.5 Å². The highest BCUT2D eigenvalue weighted by Gasteiger charge is 2.27. The Hall–Kier alpha value is -3.22. The van der Waals surface area contributed by atoms with E-state index in [4.69, 9.17) is 4.74 Å². The molecule has 1 saturated heterocycles. The van der Waals surface area contributed by atoms with E-state index in [1.807, 2.05) is 30.3 Å². The van der Waals surface area contributed by atoms with Crippen LogP contribution in [0.4, 0.5) is 4.79 Å². The summed E-state index contributed by atoms with van der Waals surface area (Å²) in [6, 6.07) is 14.6. The van der Waals surface area contributed by atoms with Gasteiger partial charge < -0.3 is 20.3 Å². The molecule has 206 valence electrons. The van der Waals surface area contributed by atoms with Gasteiger partial charge in [-0.2, -0.15) is 0 Å². The maximum atomic E-state index is 13.4. The number of morpholine rings is 1. The van der Waals surface area contributed by atoms with Gasteiger partial charge in [0.1, 0.15) is 15.9 Å². The maximum Gasteiger partial charge on any atom is 0.318 e. The Labute approximate surface area is 223 Å². The number of carbonyl (C=O) groups is 2. The van der Waals surface area contributed by atoms with Gasteiger partial charge in [0.15, 0.2) is 9.84 Å². The van der Waals surface area contributed by atoms with Crippen LogP contribution in [0.25, 0.3) is 0 Å². The molecule has 10 nitrogen and oxygen atoms in total. The van der Waals surface area contributed by atoms with Crippen molar-refractivity contribution in [2.24, 2.45) is 0 Å². The molecule has 2 aromatic carbocycles. The van der Waals surface area contributed by atoms with Crippen LogP contribution >= 0.6 is 0 Å². The Kier molecular flexibility index (Phi) is 10.5. The average Bonchev–Trinajstić information content (AvgIpc) is 2.91.